The van der Waals surface area contributed by atoms with Crippen LogP contribution in [-0.4, -0.2) is 95.5 Å². The van der Waals surface area contributed by atoms with E-state index in [1.807, 2.05) is 11.0 Å². The molecule has 3 fully saturated rings. The van der Waals surface area contributed by atoms with Crippen molar-refractivity contribution in [2.45, 2.75) is 38.1 Å². The van der Waals surface area contributed by atoms with E-state index >= 15 is 0 Å². The topological polar surface area (TPSA) is 55.8 Å². The van der Waals surface area contributed by atoms with E-state index in [-0.39, 0.29) is 0 Å². The molecule has 2 saturated heterocycles. The van der Waals surface area contributed by atoms with E-state index in [1.165, 1.54) is 38.8 Å². The summed E-state index contributed by atoms with van der Waals surface area (Å²) in [4.78, 5) is 30.5. The van der Waals surface area contributed by atoms with Gasteiger partial charge >= 0.3 is 0 Å². The molecule has 0 aromatic carbocycles. The summed E-state index contributed by atoms with van der Waals surface area (Å²) in [5.41, 5.74) is 0. The van der Waals surface area contributed by atoms with Gasteiger partial charge in [0.25, 0.3) is 0 Å². The first-order chi connectivity index (χ1) is 13.3. The Morgan fingerprint density at radius 3 is 2.26 bits per heavy atom. The highest BCUT2D eigenvalue weighted by Crippen LogP contribution is 2.24. The van der Waals surface area contributed by atoms with Gasteiger partial charge in [-0.1, -0.05) is 12.8 Å². The van der Waals surface area contributed by atoms with Gasteiger partial charge in [-0.2, -0.15) is 0 Å². The van der Waals surface area contributed by atoms with Gasteiger partial charge in [0.2, 0.25) is 11.9 Å². The van der Waals surface area contributed by atoms with E-state index in [1.54, 1.807) is 12.4 Å². The van der Waals surface area contributed by atoms with Crippen LogP contribution < -0.4 is 4.90 Å². The Bertz CT molecular complexity index is 590. The number of carbonyl (C=O) groups is 1. The van der Waals surface area contributed by atoms with Gasteiger partial charge in [0, 0.05) is 83.8 Å². The SMILES string of the molecule is O=C(CCN1CCN(C2CCCC2)CC1)N1CCN(c2ncccn2)CC1. The minimum atomic E-state index is 0.293. The second-order valence-corrected chi connectivity index (χ2v) is 7.98. The molecule has 1 amide bonds. The molecule has 7 heteroatoms. The third kappa shape index (κ3) is 4.76. The van der Waals surface area contributed by atoms with Crippen molar-refractivity contribution in [3.05, 3.63) is 18.5 Å². The molecule has 3 aliphatic rings. The highest BCUT2D eigenvalue weighted by Gasteiger charge is 2.27. The van der Waals surface area contributed by atoms with Gasteiger partial charge in [0.05, 0.1) is 0 Å². The summed E-state index contributed by atoms with van der Waals surface area (Å²) >= 11 is 0. The molecular formula is C20H32N6O. The van der Waals surface area contributed by atoms with Gasteiger partial charge in [-0.3, -0.25) is 9.69 Å². The molecule has 0 radical (unpaired) electrons. The number of aromatic nitrogens is 2. The maximum Gasteiger partial charge on any atom is 0.225 e. The molecule has 0 atom stereocenters. The summed E-state index contributed by atoms with van der Waals surface area (Å²) in [7, 11) is 0. The monoisotopic (exact) mass is 372 g/mol. The number of rotatable bonds is 5. The molecule has 1 saturated carbocycles. The number of nitrogens with zero attached hydrogens (tertiary/aromatic N) is 6. The van der Waals surface area contributed by atoms with Crippen LogP contribution in [-0.2, 0) is 4.79 Å². The second kappa shape index (κ2) is 8.97. The van der Waals surface area contributed by atoms with Crippen LogP contribution in [0.2, 0.25) is 0 Å². The van der Waals surface area contributed by atoms with Crippen LogP contribution in [0.25, 0.3) is 0 Å². The zero-order chi connectivity index (χ0) is 18.5. The van der Waals surface area contributed by atoms with Gasteiger partial charge in [-0.15, -0.1) is 0 Å². The van der Waals surface area contributed by atoms with Crippen molar-refractivity contribution in [1.82, 2.24) is 24.7 Å². The Labute approximate surface area is 162 Å². The Morgan fingerprint density at radius 2 is 1.59 bits per heavy atom. The van der Waals surface area contributed by atoms with Crippen molar-refractivity contribution >= 4 is 11.9 Å². The van der Waals surface area contributed by atoms with Crippen LogP contribution >= 0.6 is 0 Å². The lowest BCUT2D eigenvalue weighted by Gasteiger charge is -2.38. The highest BCUT2D eigenvalue weighted by atomic mass is 16.2. The van der Waals surface area contributed by atoms with Crippen molar-refractivity contribution in [2.75, 3.05) is 63.8 Å². The maximum atomic E-state index is 12.6. The van der Waals surface area contributed by atoms with Crippen molar-refractivity contribution in [3.8, 4) is 0 Å². The van der Waals surface area contributed by atoms with Gasteiger partial charge in [-0.25, -0.2) is 9.97 Å². The average Bonchev–Trinajstić information content (AvgIpc) is 3.28. The molecule has 4 rings (SSSR count). The van der Waals surface area contributed by atoms with E-state index < -0.39 is 0 Å². The third-order valence-electron chi connectivity index (χ3n) is 6.36. The minimum Gasteiger partial charge on any atom is -0.339 e. The van der Waals surface area contributed by atoms with Crippen molar-refractivity contribution < 1.29 is 4.79 Å². The summed E-state index contributed by atoms with van der Waals surface area (Å²) < 4.78 is 0. The molecule has 3 heterocycles. The number of amides is 1. The van der Waals surface area contributed by atoms with Gasteiger partial charge in [0.15, 0.2) is 0 Å². The Morgan fingerprint density at radius 1 is 0.926 bits per heavy atom. The molecule has 1 aliphatic carbocycles. The van der Waals surface area contributed by atoms with Crippen molar-refractivity contribution in [2.24, 2.45) is 0 Å². The molecule has 1 aromatic heterocycles. The van der Waals surface area contributed by atoms with Crippen LogP contribution in [0.15, 0.2) is 18.5 Å². The van der Waals surface area contributed by atoms with Crippen LogP contribution in [0.5, 0.6) is 0 Å². The number of hydrogen-bond acceptors (Lipinski definition) is 6. The van der Waals surface area contributed by atoms with E-state index in [9.17, 15) is 4.79 Å². The number of hydrogen-bond donors (Lipinski definition) is 0. The van der Waals surface area contributed by atoms with Crippen LogP contribution in [0, 0.1) is 0 Å². The number of anilines is 1. The predicted molar refractivity (Wildman–Crippen MR) is 106 cm³/mol. The van der Waals surface area contributed by atoms with E-state index in [0.717, 1.165) is 57.8 Å². The molecule has 0 spiro atoms. The zero-order valence-corrected chi connectivity index (χ0v) is 16.3. The number of carbonyl (C=O) groups excluding carboxylic acids is 1. The molecule has 1 aromatic rings. The molecule has 7 nitrogen and oxygen atoms in total. The molecule has 0 bridgehead atoms. The summed E-state index contributed by atoms with van der Waals surface area (Å²) in [6, 6.07) is 2.66. The Kier molecular flexibility index (Phi) is 6.19. The predicted octanol–water partition coefficient (Wildman–Crippen LogP) is 1.08. The fourth-order valence-electron chi connectivity index (χ4n) is 4.64. The van der Waals surface area contributed by atoms with Gasteiger partial charge in [0.1, 0.15) is 0 Å². The molecular weight excluding hydrogens is 340 g/mol. The lowest BCUT2D eigenvalue weighted by Crippen LogP contribution is -2.51. The summed E-state index contributed by atoms with van der Waals surface area (Å²) in [6.07, 6.45) is 9.77. The fraction of sp³-hybridized carbons (Fsp3) is 0.750. The highest BCUT2D eigenvalue weighted by molar-refractivity contribution is 5.76. The van der Waals surface area contributed by atoms with Crippen molar-refractivity contribution in [1.29, 1.82) is 0 Å². The van der Waals surface area contributed by atoms with Crippen molar-refractivity contribution in [3.63, 3.8) is 0 Å². The van der Waals surface area contributed by atoms with Crippen LogP contribution in [0.1, 0.15) is 32.1 Å². The van der Waals surface area contributed by atoms with E-state index in [4.69, 9.17) is 0 Å². The number of piperazine rings is 2. The van der Waals surface area contributed by atoms with E-state index in [2.05, 4.69) is 24.7 Å². The largest absolute Gasteiger partial charge is 0.339 e. The summed E-state index contributed by atoms with van der Waals surface area (Å²) in [5, 5.41) is 0. The fourth-order valence-corrected chi connectivity index (χ4v) is 4.64. The normalized spacial score (nSPS) is 23.1. The van der Waals surface area contributed by atoms with Gasteiger partial charge in [-0.05, 0) is 18.9 Å². The Hall–Kier alpha value is -1.73. The summed E-state index contributed by atoms with van der Waals surface area (Å²) in [5.74, 6) is 1.06. The molecule has 0 N–H and O–H groups in total. The zero-order valence-electron chi connectivity index (χ0n) is 16.3. The second-order valence-electron chi connectivity index (χ2n) is 7.98. The quantitative estimate of drug-likeness (QED) is 0.771. The summed E-state index contributed by atoms with van der Waals surface area (Å²) in [6.45, 7) is 8.65. The lowest BCUT2D eigenvalue weighted by atomic mass is 10.1. The Balaban J connectivity index is 1.15. The lowest BCUT2D eigenvalue weighted by molar-refractivity contribution is -0.132. The first-order valence-corrected chi connectivity index (χ1v) is 10.6. The van der Waals surface area contributed by atoms with Crippen LogP contribution in [0.4, 0.5) is 5.95 Å². The molecule has 27 heavy (non-hydrogen) atoms. The first kappa shape index (κ1) is 18.6. The van der Waals surface area contributed by atoms with Gasteiger partial charge < -0.3 is 14.7 Å². The smallest absolute Gasteiger partial charge is 0.225 e. The first-order valence-electron chi connectivity index (χ1n) is 10.6. The molecule has 0 unspecified atom stereocenters. The standard InChI is InChI=1S/C20H32N6O/c27-19(25-14-16-26(17-15-25)20-21-7-3-8-22-20)6-9-23-10-12-24(13-11-23)18-4-1-2-5-18/h3,7-8,18H,1-2,4-6,9-17H2. The third-order valence-corrected chi connectivity index (χ3v) is 6.36. The minimum absolute atomic E-state index is 0.293. The molecule has 148 valence electrons. The molecule has 2 aliphatic heterocycles. The maximum absolute atomic E-state index is 12.6. The average molecular weight is 373 g/mol. The van der Waals surface area contributed by atoms with E-state index in [0.29, 0.717) is 12.3 Å². The van der Waals surface area contributed by atoms with Crippen LogP contribution in [0.3, 0.4) is 0 Å².